The number of rotatable bonds is 19. The van der Waals surface area contributed by atoms with Gasteiger partial charge in [-0.2, -0.15) is 0 Å². The van der Waals surface area contributed by atoms with Gasteiger partial charge in [0.1, 0.15) is 6.10 Å². The van der Waals surface area contributed by atoms with Gasteiger partial charge in [-0.15, -0.1) is 0 Å². The molecule has 0 bridgehead atoms. The van der Waals surface area contributed by atoms with E-state index in [9.17, 15) is 0 Å². The molecule has 0 rings (SSSR count). The summed E-state index contributed by atoms with van der Waals surface area (Å²) >= 11 is 4.36. The number of hydrogen-bond acceptors (Lipinski definition) is 4. The van der Waals surface area contributed by atoms with Gasteiger partial charge in [0.05, 0.1) is 13.2 Å². The van der Waals surface area contributed by atoms with Gasteiger partial charge in [-0.25, -0.2) is 0 Å². The molecule has 0 aromatic carbocycles. The maximum atomic E-state index is 9.15. The lowest BCUT2D eigenvalue weighted by Gasteiger charge is -2.17. The molecule has 0 aliphatic rings. The Balaban J connectivity index is 3.45. The fourth-order valence-electron chi connectivity index (χ4n) is 2.45. The summed E-state index contributed by atoms with van der Waals surface area (Å²) in [6.07, 6.45) is 23.9. The van der Waals surface area contributed by atoms with Crippen LogP contribution in [-0.2, 0) is 21.1 Å². The summed E-state index contributed by atoms with van der Waals surface area (Å²) in [4.78, 5) is 18.0. The van der Waals surface area contributed by atoms with E-state index in [0.29, 0.717) is 6.61 Å². The molecule has 0 aromatic rings. The summed E-state index contributed by atoms with van der Waals surface area (Å²) in [5.41, 5.74) is 0. The van der Waals surface area contributed by atoms with E-state index >= 15 is 0 Å². The van der Waals surface area contributed by atoms with Crippen molar-refractivity contribution in [2.24, 2.45) is 0 Å². The zero-order chi connectivity index (χ0) is 20.9. The van der Waals surface area contributed by atoms with Crippen LogP contribution in [0.3, 0.4) is 0 Å². The molecule has 164 valence electrons. The standard InChI is InChI=1S/C21H39O5PS/c1-2-3-4-5-6-7-8-9-10-11-12-13-14-15-16-17-18-25-21(19-22)20-26-27(23,24)28/h5-10,21-22H,2-4,11-20H2,1H3,(H2,23,24,28)/b6-5+,8-7+,10-9+. The van der Waals surface area contributed by atoms with E-state index in [1.54, 1.807) is 0 Å². The van der Waals surface area contributed by atoms with Gasteiger partial charge in [0.25, 0.3) is 0 Å². The zero-order valence-electron chi connectivity index (χ0n) is 17.2. The van der Waals surface area contributed by atoms with Gasteiger partial charge in [0, 0.05) is 6.61 Å². The second kappa shape index (κ2) is 20.0. The van der Waals surface area contributed by atoms with E-state index in [1.165, 1.54) is 38.5 Å². The number of ether oxygens (including phenoxy) is 1. The highest BCUT2D eigenvalue weighted by Crippen LogP contribution is 2.36. The SMILES string of the molecule is CCCC/C=C/C=C/C=C/CCCCCCCCOC(CO)COP(O)(O)=S. The van der Waals surface area contributed by atoms with Crippen LogP contribution in [0.1, 0.15) is 71.1 Å². The molecule has 0 fully saturated rings. The van der Waals surface area contributed by atoms with Crippen molar-refractivity contribution >= 4 is 18.5 Å². The van der Waals surface area contributed by atoms with E-state index in [1.807, 2.05) is 0 Å². The second-order valence-electron chi connectivity index (χ2n) is 6.76. The molecular formula is C21H39O5PS. The molecule has 0 aliphatic carbocycles. The van der Waals surface area contributed by atoms with Crippen LogP contribution >= 0.6 is 6.72 Å². The Morgan fingerprint density at radius 2 is 1.43 bits per heavy atom. The summed E-state index contributed by atoms with van der Waals surface area (Å²) in [5.74, 6) is 0. The lowest BCUT2D eigenvalue weighted by molar-refractivity contribution is -0.0172. The minimum Gasteiger partial charge on any atom is -0.394 e. The van der Waals surface area contributed by atoms with Crippen LogP contribution in [0.15, 0.2) is 36.5 Å². The Kier molecular flexibility index (Phi) is 19.7. The van der Waals surface area contributed by atoms with Gasteiger partial charge in [-0.05, 0) is 37.5 Å². The predicted octanol–water partition coefficient (Wildman–Crippen LogP) is 5.18. The first-order chi connectivity index (χ1) is 13.5. The van der Waals surface area contributed by atoms with Gasteiger partial charge in [-0.1, -0.05) is 81.9 Å². The van der Waals surface area contributed by atoms with Crippen molar-refractivity contribution in [2.75, 3.05) is 19.8 Å². The number of unbranched alkanes of at least 4 members (excludes halogenated alkanes) is 8. The highest BCUT2D eigenvalue weighted by atomic mass is 32.5. The van der Waals surface area contributed by atoms with Crippen molar-refractivity contribution in [1.29, 1.82) is 0 Å². The van der Waals surface area contributed by atoms with Crippen molar-refractivity contribution in [3.05, 3.63) is 36.5 Å². The highest BCUT2D eigenvalue weighted by Gasteiger charge is 2.14. The average molecular weight is 435 g/mol. The summed E-state index contributed by atoms with van der Waals surface area (Å²) in [6.45, 7) is -1.28. The van der Waals surface area contributed by atoms with Crippen LogP contribution in [0.5, 0.6) is 0 Å². The van der Waals surface area contributed by atoms with Crippen LogP contribution in [0.2, 0.25) is 0 Å². The Morgan fingerprint density at radius 3 is 2.00 bits per heavy atom. The number of allylic oxidation sites excluding steroid dienone is 6. The normalized spacial score (nSPS) is 14.0. The van der Waals surface area contributed by atoms with Crippen LogP contribution in [0, 0.1) is 0 Å². The summed E-state index contributed by atoms with van der Waals surface area (Å²) in [6, 6.07) is 0. The van der Waals surface area contributed by atoms with Crippen LogP contribution in [0.4, 0.5) is 0 Å². The first-order valence-corrected chi connectivity index (χ1v) is 13.0. The topological polar surface area (TPSA) is 79.2 Å². The number of hydrogen-bond donors (Lipinski definition) is 3. The van der Waals surface area contributed by atoms with Crippen molar-refractivity contribution in [2.45, 2.75) is 77.2 Å². The monoisotopic (exact) mass is 434 g/mol. The molecular weight excluding hydrogens is 395 g/mol. The third kappa shape index (κ3) is 22.0. The lowest BCUT2D eigenvalue weighted by atomic mass is 10.1. The molecule has 7 heteroatoms. The van der Waals surface area contributed by atoms with Crippen molar-refractivity contribution in [3.63, 3.8) is 0 Å². The minimum atomic E-state index is -3.68. The fraction of sp³-hybridized carbons (Fsp3) is 0.714. The van der Waals surface area contributed by atoms with Crippen LogP contribution in [0.25, 0.3) is 0 Å². The summed E-state index contributed by atoms with van der Waals surface area (Å²) < 4.78 is 10.2. The molecule has 0 radical (unpaired) electrons. The predicted molar refractivity (Wildman–Crippen MR) is 121 cm³/mol. The third-order valence-corrected chi connectivity index (χ3v) is 4.88. The quantitative estimate of drug-likeness (QED) is 0.148. The number of aliphatic hydroxyl groups excluding tert-OH is 1. The van der Waals surface area contributed by atoms with Gasteiger partial charge < -0.3 is 24.2 Å². The van der Waals surface area contributed by atoms with Crippen LogP contribution < -0.4 is 0 Å². The third-order valence-electron chi connectivity index (χ3n) is 4.08. The van der Waals surface area contributed by atoms with Crippen LogP contribution in [-0.4, -0.2) is 40.8 Å². The summed E-state index contributed by atoms with van der Waals surface area (Å²) in [7, 11) is 0. The molecule has 0 saturated heterocycles. The van der Waals surface area contributed by atoms with E-state index in [0.717, 1.165) is 25.7 Å². The van der Waals surface area contributed by atoms with Crippen molar-refractivity contribution in [3.8, 4) is 0 Å². The van der Waals surface area contributed by atoms with Gasteiger partial charge in [0.2, 0.25) is 0 Å². The van der Waals surface area contributed by atoms with Gasteiger partial charge >= 0.3 is 6.72 Å². The summed E-state index contributed by atoms with van der Waals surface area (Å²) in [5, 5.41) is 9.15. The fourth-order valence-corrected chi connectivity index (χ4v) is 3.00. The smallest absolute Gasteiger partial charge is 0.321 e. The Bertz CT molecular complexity index is 473. The average Bonchev–Trinajstić information content (AvgIpc) is 2.65. The molecule has 0 aromatic heterocycles. The molecule has 3 N–H and O–H groups in total. The van der Waals surface area contributed by atoms with E-state index < -0.39 is 12.8 Å². The molecule has 0 heterocycles. The Labute approximate surface area is 176 Å². The lowest BCUT2D eigenvalue weighted by Crippen LogP contribution is -2.24. The zero-order valence-corrected chi connectivity index (χ0v) is 19.0. The van der Waals surface area contributed by atoms with Gasteiger partial charge in [-0.3, -0.25) is 0 Å². The first kappa shape index (κ1) is 27.7. The van der Waals surface area contributed by atoms with E-state index in [-0.39, 0.29) is 13.2 Å². The Morgan fingerprint density at radius 1 is 0.857 bits per heavy atom. The molecule has 0 spiro atoms. The minimum absolute atomic E-state index is 0.0986. The Hall–Kier alpha value is -0.330. The molecule has 28 heavy (non-hydrogen) atoms. The van der Waals surface area contributed by atoms with Crippen molar-refractivity contribution in [1.82, 2.24) is 0 Å². The molecule has 0 saturated carbocycles. The molecule has 1 atom stereocenters. The van der Waals surface area contributed by atoms with Gasteiger partial charge in [0.15, 0.2) is 0 Å². The maximum Gasteiger partial charge on any atom is 0.321 e. The number of aliphatic hydroxyl groups is 1. The van der Waals surface area contributed by atoms with E-state index in [4.69, 9.17) is 24.2 Å². The van der Waals surface area contributed by atoms with Crippen molar-refractivity contribution < 1.29 is 24.2 Å². The largest absolute Gasteiger partial charge is 0.394 e. The second-order valence-corrected chi connectivity index (χ2v) is 9.42. The molecule has 1 unspecified atom stereocenters. The maximum absolute atomic E-state index is 9.15. The highest BCUT2D eigenvalue weighted by molar-refractivity contribution is 8.06. The molecule has 5 nitrogen and oxygen atoms in total. The molecule has 0 aliphatic heterocycles. The first-order valence-electron chi connectivity index (χ1n) is 10.4. The molecule has 0 amide bonds. The van der Waals surface area contributed by atoms with E-state index in [2.05, 4.69) is 55.2 Å².